The number of carbonyl (C=O) groups is 2. The Labute approximate surface area is 145 Å². The Bertz CT molecular complexity index is 891. The highest BCUT2D eigenvalue weighted by Gasteiger charge is 2.27. The molecule has 0 aromatic heterocycles. The molecule has 0 saturated carbocycles. The first-order chi connectivity index (χ1) is 12.2. The number of hydrogen-bond donors (Lipinski definition) is 3. The SMILES string of the molecule is CC(=O)Nc1cccc(Nc2c(C(=O)O)cc([N+](=O)[O-])cc2[N+](=O)[O-])c1. The molecule has 2 aromatic carbocycles. The van der Waals surface area contributed by atoms with Crippen LogP contribution in [-0.4, -0.2) is 26.8 Å². The van der Waals surface area contributed by atoms with Gasteiger partial charge in [0.1, 0.15) is 5.69 Å². The number of carboxylic acid groups (broad SMARTS) is 1. The van der Waals surface area contributed by atoms with Crippen LogP contribution in [0.2, 0.25) is 0 Å². The summed E-state index contributed by atoms with van der Waals surface area (Å²) in [5, 5.41) is 36.5. The van der Waals surface area contributed by atoms with E-state index in [2.05, 4.69) is 10.6 Å². The largest absolute Gasteiger partial charge is 0.478 e. The van der Waals surface area contributed by atoms with E-state index in [4.69, 9.17) is 0 Å². The molecule has 2 aromatic rings. The van der Waals surface area contributed by atoms with E-state index in [1.54, 1.807) is 6.07 Å². The fourth-order valence-corrected chi connectivity index (χ4v) is 2.18. The summed E-state index contributed by atoms with van der Waals surface area (Å²) >= 11 is 0. The molecule has 11 heteroatoms. The van der Waals surface area contributed by atoms with Crippen molar-refractivity contribution in [2.45, 2.75) is 6.92 Å². The number of aromatic carboxylic acids is 1. The van der Waals surface area contributed by atoms with E-state index in [0.29, 0.717) is 11.8 Å². The van der Waals surface area contributed by atoms with Gasteiger partial charge in [0.15, 0.2) is 0 Å². The number of benzene rings is 2. The van der Waals surface area contributed by atoms with Gasteiger partial charge in [-0.2, -0.15) is 0 Å². The standard InChI is InChI=1S/C15H12N4O7/c1-8(20)16-9-3-2-4-10(5-9)17-14-12(15(21)22)6-11(18(23)24)7-13(14)19(25)26/h2-7,17H,1H3,(H,16,20)(H,21,22). The van der Waals surface area contributed by atoms with Crippen LogP contribution in [-0.2, 0) is 4.79 Å². The van der Waals surface area contributed by atoms with Gasteiger partial charge in [0.2, 0.25) is 5.91 Å². The number of nitrogens with one attached hydrogen (secondary N) is 2. The molecule has 26 heavy (non-hydrogen) atoms. The smallest absolute Gasteiger partial charge is 0.338 e. The van der Waals surface area contributed by atoms with Crippen molar-refractivity contribution in [2.24, 2.45) is 0 Å². The number of amides is 1. The van der Waals surface area contributed by atoms with Crippen LogP contribution in [0.3, 0.4) is 0 Å². The van der Waals surface area contributed by atoms with Crippen LogP contribution >= 0.6 is 0 Å². The number of nitro groups is 2. The van der Waals surface area contributed by atoms with Crippen molar-refractivity contribution in [3.8, 4) is 0 Å². The highest BCUT2D eigenvalue weighted by atomic mass is 16.6. The van der Waals surface area contributed by atoms with Crippen molar-refractivity contribution in [3.63, 3.8) is 0 Å². The number of nitro benzene ring substituents is 2. The number of carboxylic acids is 1. The van der Waals surface area contributed by atoms with Crippen LogP contribution in [0, 0.1) is 20.2 Å². The van der Waals surface area contributed by atoms with Gasteiger partial charge in [-0.3, -0.25) is 25.0 Å². The molecule has 0 aliphatic rings. The van der Waals surface area contributed by atoms with E-state index in [1.165, 1.54) is 25.1 Å². The summed E-state index contributed by atoms with van der Waals surface area (Å²) in [5.41, 5.74) is -1.89. The lowest BCUT2D eigenvalue weighted by Gasteiger charge is -2.11. The minimum atomic E-state index is -1.57. The van der Waals surface area contributed by atoms with Gasteiger partial charge in [-0.15, -0.1) is 0 Å². The van der Waals surface area contributed by atoms with Crippen LogP contribution in [0.1, 0.15) is 17.3 Å². The Morgan fingerprint density at radius 2 is 1.69 bits per heavy atom. The maximum absolute atomic E-state index is 11.4. The quantitative estimate of drug-likeness (QED) is 0.522. The zero-order valence-electron chi connectivity index (χ0n) is 13.3. The molecule has 134 valence electrons. The van der Waals surface area contributed by atoms with Crippen LogP contribution in [0.4, 0.5) is 28.4 Å². The summed E-state index contributed by atoms with van der Waals surface area (Å²) in [5.74, 6) is -1.91. The lowest BCUT2D eigenvalue weighted by Crippen LogP contribution is -2.08. The topological polar surface area (TPSA) is 165 Å². The Balaban J connectivity index is 2.57. The molecular weight excluding hydrogens is 348 g/mol. The third kappa shape index (κ3) is 4.08. The van der Waals surface area contributed by atoms with Crippen LogP contribution in [0.25, 0.3) is 0 Å². The predicted octanol–water partition coefficient (Wildman–Crippen LogP) is 2.90. The Kier molecular flexibility index (Phi) is 5.11. The monoisotopic (exact) mass is 360 g/mol. The van der Waals surface area contributed by atoms with Crippen molar-refractivity contribution in [3.05, 3.63) is 62.2 Å². The van der Waals surface area contributed by atoms with Crippen molar-refractivity contribution in [1.82, 2.24) is 0 Å². The summed E-state index contributed by atoms with van der Waals surface area (Å²) in [4.78, 5) is 42.9. The maximum atomic E-state index is 11.4. The summed E-state index contributed by atoms with van der Waals surface area (Å²) in [6.45, 7) is 1.30. The zero-order chi connectivity index (χ0) is 19.4. The van der Waals surface area contributed by atoms with Crippen LogP contribution in [0.15, 0.2) is 36.4 Å². The van der Waals surface area contributed by atoms with E-state index in [1.807, 2.05) is 0 Å². The van der Waals surface area contributed by atoms with Gasteiger partial charge in [-0.1, -0.05) is 6.07 Å². The van der Waals surface area contributed by atoms with E-state index >= 15 is 0 Å². The van der Waals surface area contributed by atoms with Gasteiger partial charge in [0.05, 0.1) is 21.5 Å². The molecule has 0 aliphatic carbocycles. The molecule has 2 rings (SSSR count). The molecular formula is C15H12N4O7. The van der Waals surface area contributed by atoms with Gasteiger partial charge in [-0.25, -0.2) is 4.79 Å². The Morgan fingerprint density at radius 3 is 2.23 bits per heavy atom. The van der Waals surface area contributed by atoms with Crippen molar-refractivity contribution in [1.29, 1.82) is 0 Å². The fourth-order valence-electron chi connectivity index (χ4n) is 2.18. The second-order valence-electron chi connectivity index (χ2n) is 5.09. The Hall–Kier alpha value is -4.02. The molecule has 0 unspecified atom stereocenters. The molecule has 0 atom stereocenters. The molecule has 11 nitrogen and oxygen atoms in total. The second kappa shape index (κ2) is 7.25. The second-order valence-corrected chi connectivity index (χ2v) is 5.09. The van der Waals surface area contributed by atoms with Gasteiger partial charge in [-0.05, 0) is 18.2 Å². The molecule has 0 heterocycles. The third-order valence-corrected chi connectivity index (χ3v) is 3.19. The molecule has 0 bridgehead atoms. The summed E-state index contributed by atoms with van der Waals surface area (Å²) in [7, 11) is 0. The van der Waals surface area contributed by atoms with Gasteiger partial charge in [0, 0.05) is 24.4 Å². The Morgan fingerprint density at radius 1 is 1.04 bits per heavy atom. The molecule has 0 saturated heterocycles. The first-order valence-electron chi connectivity index (χ1n) is 7.04. The van der Waals surface area contributed by atoms with Crippen molar-refractivity contribution < 1.29 is 24.5 Å². The van der Waals surface area contributed by atoms with Gasteiger partial charge >= 0.3 is 5.97 Å². The number of non-ortho nitro benzene ring substituents is 1. The summed E-state index contributed by atoms with van der Waals surface area (Å²) in [6.07, 6.45) is 0. The first-order valence-corrected chi connectivity index (χ1v) is 7.04. The lowest BCUT2D eigenvalue weighted by molar-refractivity contribution is -0.393. The van der Waals surface area contributed by atoms with E-state index < -0.39 is 38.4 Å². The highest BCUT2D eigenvalue weighted by molar-refractivity contribution is 5.99. The minimum absolute atomic E-state index is 0.246. The van der Waals surface area contributed by atoms with E-state index in [-0.39, 0.29) is 11.6 Å². The van der Waals surface area contributed by atoms with Crippen LogP contribution in [0.5, 0.6) is 0 Å². The molecule has 0 radical (unpaired) electrons. The zero-order valence-corrected chi connectivity index (χ0v) is 13.3. The number of nitrogens with zero attached hydrogens (tertiary/aromatic N) is 2. The average Bonchev–Trinajstić information content (AvgIpc) is 2.53. The fraction of sp³-hybridized carbons (Fsp3) is 0.0667. The summed E-state index contributed by atoms with van der Waals surface area (Å²) in [6, 6.07) is 7.42. The van der Waals surface area contributed by atoms with Crippen LogP contribution < -0.4 is 10.6 Å². The van der Waals surface area contributed by atoms with Crippen molar-refractivity contribution >= 4 is 40.3 Å². The molecule has 0 spiro atoms. The number of carbonyl (C=O) groups excluding carboxylic acids is 1. The minimum Gasteiger partial charge on any atom is -0.478 e. The molecule has 0 aliphatic heterocycles. The molecule has 1 amide bonds. The lowest BCUT2D eigenvalue weighted by atomic mass is 10.1. The number of anilines is 3. The average molecular weight is 360 g/mol. The van der Waals surface area contributed by atoms with Gasteiger partial charge < -0.3 is 15.7 Å². The van der Waals surface area contributed by atoms with E-state index in [0.717, 1.165) is 6.07 Å². The molecule has 0 fully saturated rings. The molecule has 3 N–H and O–H groups in total. The first kappa shape index (κ1) is 18.3. The third-order valence-electron chi connectivity index (χ3n) is 3.19. The number of hydrogen-bond acceptors (Lipinski definition) is 7. The highest BCUT2D eigenvalue weighted by Crippen LogP contribution is 2.35. The predicted molar refractivity (Wildman–Crippen MR) is 90.7 cm³/mol. The normalized spacial score (nSPS) is 10.0. The number of rotatable bonds is 6. The van der Waals surface area contributed by atoms with Gasteiger partial charge in [0.25, 0.3) is 11.4 Å². The summed E-state index contributed by atoms with van der Waals surface area (Å²) < 4.78 is 0. The maximum Gasteiger partial charge on any atom is 0.338 e. The van der Waals surface area contributed by atoms with E-state index in [9.17, 15) is 34.9 Å². The van der Waals surface area contributed by atoms with Crippen molar-refractivity contribution in [2.75, 3.05) is 10.6 Å².